The Morgan fingerprint density at radius 1 is 1.40 bits per heavy atom. The molecule has 0 radical (unpaired) electrons. The minimum Gasteiger partial charge on any atom is -0.483 e. The van der Waals surface area contributed by atoms with Gasteiger partial charge in [0.2, 0.25) is 0 Å². The third-order valence-electron chi connectivity index (χ3n) is 4.07. The number of carbonyl (C=O) groups is 1. The predicted octanol–water partition coefficient (Wildman–Crippen LogP) is 1.91. The maximum absolute atomic E-state index is 12.0. The quantitative estimate of drug-likeness (QED) is 0.894. The van der Waals surface area contributed by atoms with E-state index in [1.54, 1.807) is 11.9 Å². The highest BCUT2D eigenvalue weighted by atomic mass is 16.5. The van der Waals surface area contributed by atoms with E-state index in [0.29, 0.717) is 12.5 Å². The lowest BCUT2D eigenvalue weighted by Crippen LogP contribution is -2.41. The number of aliphatic hydroxyl groups excluding tert-OH is 1. The summed E-state index contributed by atoms with van der Waals surface area (Å²) in [5.74, 6) is 1.18. The highest BCUT2D eigenvalue weighted by Gasteiger charge is 2.29. The van der Waals surface area contributed by atoms with E-state index < -0.39 is 0 Å². The lowest BCUT2D eigenvalue weighted by molar-refractivity contribution is -0.133. The van der Waals surface area contributed by atoms with Crippen molar-refractivity contribution in [1.82, 2.24) is 4.90 Å². The van der Waals surface area contributed by atoms with Gasteiger partial charge in [0, 0.05) is 13.6 Å². The molecule has 0 heterocycles. The molecule has 110 valence electrons. The van der Waals surface area contributed by atoms with E-state index in [1.807, 2.05) is 32.0 Å². The molecule has 1 N–H and O–H groups in total. The number of benzene rings is 1. The number of ether oxygens (including phenoxy) is 1. The van der Waals surface area contributed by atoms with E-state index in [2.05, 4.69) is 0 Å². The Morgan fingerprint density at radius 3 is 2.75 bits per heavy atom. The first-order valence-electron chi connectivity index (χ1n) is 7.08. The summed E-state index contributed by atoms with van der Waals surface area (Å²) in [5, 5.41) is 9.25. The third kappa shape index (κ3) is 3.51. The summed E-state index contributed by atoms with van der Waals surface area (Å²) in [6.07, 6.45) is 1.43. The molecular formula is C16H23NO3. The zero-order valence-corrected chi connectivity index (χ0v) is 12.4. The number of aryl methyl sites for hydroxylation is 1. The van der Waals surface area contributed by atoms with Gasteiger partial charge in [-0.2, -0.15) is 0 Å². The Bertz CT molecular complexity index is 481. The van der Waals surface area contributed by atoms with Gasteiger partial charge in [-0.05, 0) is 49.8 Å². The largest absolute Gasteiger partial charge is 0.483 e. The van der Waals surface area contributed by atoms with Gasteiger partial charge in [-0.3, -0.25) is 4.79 Å². The summed E-state index contributed by atoms with van der Waals surface area (Å²) in [5.41, 5.74) is 2.23. The van der Waals surface area contributed by atoms with E-state index in [1.165, 1.54) is 0 Å². The van der Waals surface area contributed by atoms with E-state index in [0.717, 1.165) is 29.7 Å². The molecule has 0 bridgehead atoms. The summed E-state index contributed by atoms with van der Waals surface area (Å²) >= 11 is 0. The highest BCUT2D eigenvalue weighted by Crippen LogP contribution is 2.27. The fraction of sp³-hybridized carbons (Fsp3) is 0.562. The van der Waals surface area contributed by atoms with Crippen molar-refractivity contribution in [2.45, 2.75) is 32.8 Å². The van der Waals surface area contributed by atoms with Gasteiger partial charge in [0.1, 0.15) is 5.75 Å². The molecule has 0 aliphatic heterocycles. The van der Waals surface area contributed by atoms with E-state index >= 15 is 0 Å². The lowest BCUT2D eigenvalue weighted by atomic mass is 9.82. The Kier molecular flexibility index (Phi) is 4.65. The summed E-state index contributed by atoms with van der Waals surface area (Å²) in [4.78, 5) is 13.7. The molecule has 20 heavy (non-hydrogen) atoms. The minimum atomic E-state index is -0.172. The van der Waals surface area contributed by atoms with Crippen LogP contribution < -0.4 is 4.74 Å². The van der Waals surface area contributed by atoms with Crippen LogP contribution in [0, 0.1) is 19.8 Å². The zero-order valence-electron chi connectivity index (χ0n) is 12.4. The number of aliphatic hydroxyl groups is 1. The second-order valence-corrected chi connectivity index (χ2v) is 5.75. The van der Waals surface area contributed by atoms with Crippen LogP contribution in [0.2, 0.25) is 0 Å². The standard InChI is InChI=1S/C16H23NO3/c1-11-5-4-6-15(12(11)2)20-10-16(19)17(3)9-13-7-14(18)8-13/h4-6,13-14,18H,7-10H2,1-3H3. The van der Waals surface area contributed by atoms with Gasteiger partial charge in [-0.25, -0.2) is 0 Å². The average Bonchev–Trinajstić information content (AvgIpc) is 2.38. The van der Waals surface area contributed by atoms with E-state index in [4.69, 9.17) is 4.74 Å². The van der Waals surface area contributed by atoms with Crippen molar-refractivity contribution in [2.24, 2.45) is 5.92 Å². The van der Waals surface area contributed by atoms with Crippen LogP contribution in [0.1, 0.15) is 24.0 Å². The molecule has 4 heteroatoms. The fourth-order valence-electron chi connectivity index (χ4n) is 2.47. The molecule has 0 unspecified atom stereocenters. The van der Waals surface area contributed by atoms with Crippen LogP contribution in [0.25, 0.3) is 0 Å². The number of nitrogens with zero attached hydrogens (tertiary/aromatic N) is 1. The van der Waals surface area contributed by atoms with Crippen LogP contribution in [0.15, 0.2) is 18.2 Å². The third-order valence-corrected chi connectivity index (χ3v) is 4.07. The van der Waals surface area contributed by atoms with Crippen molar-refractivity contribution < 1.29 is 14.6 Å². The van der Waals surface area contributed by atoms with Crippen molar-refractivity contribution in [3.8, 4) is 5.75 Å². The van der Waals surface area contributed by atoms with Crippen LogP contribution in [0.5, 0.6) is 5.75 Å². The Balaban J connectivity index is 1.81. The number of hydrogen-bond donors (Lipinski definition) is 1. The zero-order chi connectivity index (χ0) is 14.7. The second-order valence-electron chi connectivity index (χ2n) is 5.75. The molecule has 1 saturated carbocycles. The monoisotopic (exact) mass is 277 g/mol. The number of likely N-dealkylation sites (N-methyl/N-ethyl adjacent to an activating group) is 1. The number of carbonyl (C=O) groups excluding carboxylic acids is 1. The van der Waals surface area contributed by atoms with E-state index in [-0.39, 0.29) is 18.6 Å². The van der Waals surface area contributed by atoms with Crippen LogP contribution in [0.4, 0.5) is 0 Å². The van der Waals surface area contributed by atoms with Gasteiger partial charge >= 0.3 is 0 Å². The van der Waals surface area contributed by atoms with Crippen LogP contribution in [-0.2, 0) is 4.79 Å². The Morgan fingerprint density at radius 2 is 2.10 bits per heavy atom. The smallest absolute Gasteiger partial charge is 0.260 e. The Hall–Kier alpha value is -1.55. The van der Waals surface area contributed by atoms with Crippen LogP contribution >= 0.6 is 0 Å². The minimum absolute atomic E-state index is 0.0210. The first-order chi connectivity index (χ1) is 9.47. The summed E-state index contributed by atoms with van der Waals surface area (Å²) < 4.78 is 5.61. The van der Waals surface area contributed by atoms with Gasteiger partial charge in [-0.15, -0.1) is 0 Å². The van der Waals surface area contributed by atoms with E-state index in [9.17, 15) is 9.90 Å². The predicted molar refractivity (Wildman–Crippen MR) is 77.8 cm³/mol. The molecule has 1 amide bonds. The number of amides is 1. The van der Waals surface area contributed by atoms with Gasteiger partial charge < -0.3 is 14.7 Å². The SMILES string of the molecule is Cc1cccc(OCC(=O)N(C)CC2CC(O)C2)c1C. The maximum Gasteiger partial charge on any atom is 0.260 e. The molecule has 1 fully saturated rings. The van der Waals surface area contributed by atoms with Crippen molar-refractivity contribution in [3.05, 3.63) is 29.3 Å². The van der Waals surface area contributed by atoms with Crippen molar-refractivity contribution >= 4 is 5.91 Å². The first-order valence-corrected chi connectivity index (χ1v) is 7.08. The molecule has 1 aromatic carbocycles. The second kappa shape index (κ2) is 6.27. The van der Waals surface area contributed by atoms with Gasteiger partial charge in [-0.1, -0.05) is 12.1 Å². The molecule has 4 nitrogen and oxygen atoms in total. The van der Waals surface area contributed by atoms with Crippen molar-refractivity contribution in [1.29, 1.82) is 0 Å². The molecular weight excluding hydrogens is 254 g/mol. The van der Waals surface area contributed by atoms with Crippen LogP contribution in [-0.4, -0.2) is 42.2 Å². The number of rotatable bonds is 5. The van der Waals surface area contributed by atoms with Gasteiger partial charge in [0.05, 0.1) is 6.10 Å². The normalized spacial score (nSPS) is 21.2. The molecule has 0 atom stereocenters. The topological polar surface area (TPSA) is 49.8 Å². The average molecular weight is 277 g/mol. The highest BCUT2D eigenvalue weighted by molar-refractivity contribution is 5.77. The summed E-state index contributed by atoms with van der Waals surface area (Å²) in [6.45, 7) is 4.79. The summed E-state index contributed by atoms with van der Waals surface area (Å²) in [7, 11) is 1.79. The summed E-state index contributed by atoms with van der Waals surface area (Å²) in [6, 6.07) is 5.84. The molecule has 0 saturated heterocycles. The van der Waals surface area contributed by atoms with Crippen LogP contribution in [0.3, 0.4) is 0 Å². The van der Waals surface area contributed by atoms with Crippen molar-refractivity contribution in [3.63, 3.8) is 0 Å². The molecule has 1 aliphatic carbocycles. The lowest BCUT2D eigenvalue weighted by Gasteiger charge is -2.34. The van der Waals surface area contributed by atoms with Gasteiger partial charge in [0.15, 0.2) is 6.61 Å². The molecule has 1 aliphatic rings. The molecule has 0 spiro atoms. The van der Waals surface area contributed by atoms with Crippen molar-refractivity contribution in [2.75, 3.05) is 20.2 Å². The molecule has 2 rings (SSSR count). The first kappa shape index (κ1) is 14.9. The fourth-order valence-corrected chi connectivity index (χ4v) is 2.47. The molecule has 0 aromatic heterocycles. The number of hydrogen-bond acceptors (Lipinski definition) is 3. The molecule has 1 aromatic rings. The maximum atomic E-state index is 12.0. The Labute approximate surface area is 120 Å². The van der Waals surface area contributed by atoms with Gasteiger partial charge in [0.25, 0.3) is 5.91 Å².